The quantitative estimate of drug-likeness (QED) is 0.131. The van der Waals surface area contributed by atoms with Crippen LogP contribution >= 0.6 is 0 Å². The van der Waals surface area contributed by atoms with Gasteiger partial charge < -0.3 is 4.90 Å². The SMILES string of the molecule is c1ccc(-c2ccc(-c3ccc(N(c4ccc(-c5ccc(-c6ccccc6)c(-c6ccccc6)c5)cc4)c4ccc(-c5cccc6c5ccc5ccccc56)cc4)cc3)cc2)cc1. The lowest BCUT2D eigenvalue weighted by Crippen LogP contribution is -2.09. The van der Waals surface area contributed by atoms with Gasteiger partial charge in [0.25, 0.3) is 0 Å². The maximum Gasteiger partial charge on any atom is 0.0462 e. The molecule has 0 bridgehead atoms. The van der Waals surface area contributed by atoms with Crippen LogP contribution in [0, 0.1) is 0 Å². The van der Waals surface area contributed by atoms with Gasteiger partial charge in [0.2, 0.25) is 0 Å². The Kier molecular flexibility index (Phi) is 9.97. The van der Waals surface area contributed by atoms with Crippen molar-refractivity contribution < 1.29 is 0 Å². The standard InChI is InChI=1S/C62H43N/c1-4-13-44(14-5-1)45-23-25-46(26-24-45)47-27-35-54(36-28-47)63(56-39-31-52(32-40-56)58-21-12-22-60-57-20-11-10-19-51(57)33-42-61(58)60)55-37-29-48(30-38-55)53-34-41-59(49-15-6-2-7-16-49)62(43-53)50-17-8-3-9-18-50/h1-43H. The molecule has 0 spiro atoms. The van der Waals surface area contributed by atoms with Crippen molar-refractivity contribution in [1.82, 2.24) is 0 Å². The van der Waals surface area contributed by atoms with Crippen LogP contribution in [0.2, 0.25) is 0 Å². The first-order chi connectivity index (χ1) is 31.2. The molecule has 0 unspecified atom stereocenters. The minimum Gasteiger partial charge on any atom is -0.311 e. The molecule has 11 aromatic rings. The number of anilines is 3. The first kappa shape index (κ1) is 37.7. The Morgan fingerprint density at radius 1 is 0.190 bits per heavy atom. The highest BCUT2D eigenvalue weighted by molar-refractivity contribution is 6.12. The number of hydrogen-bond acceptors (Lipinski definition) is 1. The Labute approximate surface area is 369 Å². The van der Waals surface area contributed by atoms with Crippen LogP contribution in [0.1, 0.15) is 0 Å². The molecule has 0 aromatic heterocycles. The van der Waals surface area contributed by atoms with E-state index in [-0.39, 0.29) is 0 Å². The molecule has 11 rings (SSSR count). The Hall–Kier alpha value is -8.26. The van der Waals surface area contributed by atoms with E-state index in [1.807, 2.05) is 0 Å². The predicted molar refractivity (Wildman–Crippen MR) is 269 cm³/mol. The Balaban J connectivity index is 0.961. The summed E-state index contributed by atoms with van der Waals surface area (Å²) in [6.07, 6.45) is 0. The summed E-state index contributed by atoms with van der Waals surface area (Å²) in [7, 11) is 0. The third-order valence-corrected chi connectivity index (χ3v) is 12.3. The van der Waals surface area contributed by atoms with Crippen LogP contribution in [0.25, 0.3) is 88.3 Å². The highest BCUT2D eigenvalue weighted by Gasteiger charge is 2.16. The van der Waals surface area contributed by atoms with Crippen molar-refractivity contribution >= 4 is 38.6 Å². The van der Waals surface area contributed by atoms with Crippen molar-refractivity contribution in [3.8, 4) is 66.8 Å². The average Bonchev–Trinajstić information content (AvgIpc) is 3.37. The molecular formula is C62H43N. The topological polar surface area (TPSA) is 3.24 Å². The molecule has 1 heteroatoms. The molecule has 63 heavy (non-hydrogen) atoms. The van der Waals surface area contributed by atoms with Gasteiger partial charge in [-0.25, -0.2) is 0 Å². The van der Waals surface area contributed by atoms with E-state index in [4.69, 9.17) is 0 Å². The average molecular weight is 802 g/mol. The summed E-state index contributed by atoms with van der Waals surface area (Å²) >= 11 is 0. The summed E-state index contributed by atoms with van der Waals surface area (Å²) in [5.41, 5.74) is 17.7. The van der Waals surface area contributed by atoms with Crippen LogP contribution in [-0.2, 0) is 0 Å². The molecule has 0 aliphatic rings. The van der Waals surface area contributed by atoms with Gasteiger partial charge in [-0.2, -0.15) is 0 Å². The van der Waals surface area contributed by atoms with Crippen molar-refractivity contribution in [3.63, 3.8) is 0 Å². The fourth-order valence-electron chi connectivity index (χ4n) is 9.07. The maximum atomic E-state index is 2.36. The zero-order valence-corrected chi connectivity index (χ0v) is 34.8. The molecule has 0 heterocycles. The summed E-state index contributed by atoms with van der Waals surface area (Å²) in [5, 5.41) is 5.07. The van der Waals surface area contributed by atoms with Gasteiger partial charge in [-0.3, -0.25) is 0 Å². The molecule has 1 nitrogen and oxygen atoms in total. The molecule has 296 valence electrons. The maximum absolute atomic E-state index is 2.36. The van der Waals surface area contributed by atoms with Gasteiger partial charge in [0.15, 0.2) is 0 Å². The fraction of sp³-hybridized carbons (Fsp3) is 0. The van der Waals surface area contributed by atoms with Crippen LogP contribution in [0.15, 0.2) is 261 Å². The minimum absolute atomic E-state index is 1.09. The van der Waals surface area contributed by atoms with Gasteiger partial charge in [0, 0.05) is 17.1 Å². The van der Waals surface area contributed by atoms with Crippen LogP contribution < -0.4 is 4.90 Å². The molecule has 0 saturated carbocycles. The highest BCUT2D eigenvalue weighted by atomic mass is 15.1. The van der Waals surface area contributed by atoms with Gasteiger partial charge in [0.1, 0.15) is 0 Å². The number of hydrogen-bond donors (Lipinski definition) is 0. The summed E-state index contributed by atoms with van der Waals surface area (Å²) < 4.78 is 0. The van der Waals surface area contributed by atoms with Crippen LogP contribution in [0.5, 0.6) is 0 Å². The van der Waals surface area contributed by atoms with Gasteiger partial charge in [0.05, 0.1) is 0 Å². The number of benzene rings is 11. The Bertz CT molecular complexity index is 3320. The van der Waals surface area contributed by atoms with E-state index in [9.17, 15) is 0 Å². The third kappa shape index (κ3) is 7.47. The van der Waals surface area contributed by atoms with Crippen LogP contribution in [-0.4, -0.2) is 0 Å². The smallest absolute Gasteiger partial charge is 0.0462 e. The first-order valence-electron chi connectivity index (χ1n) is 21.7. The van der Waals surface area contributed by atoms with Gasteiger partial charge in [-0.05, 0) is 131 Å². The molecule has 0 radical (unpaired) electrons. The first-order valence-corrected chi connectivity index (χ1v) is 21.7. The molecule has 0 saturated heterocycles. The third-order valence-electron chi connectivity index (χ3n) is 12.3. The van der Waals surface area contributed by atoms with E-state index in [1.54, 1.807) is 0 Å². The minimum atomic E-state index is 1.09. The van der Waals surface area contributed by atoms with E-state index in [0.29, 0.717) is 0 Å². The van der Waals surface area contributed by atoms with Crippen molar-refractivity contribution in [2.45, 2.75) is 0 Å². The summed E-state index contributed by atoms with van der Waals surface area (Å²) in [5.74, 6) is 0. The number of fused-ring (bicyclic) bond motifs is 3. The van der Waals surface area contributed by atoms with Crippen LogP contribution in [0.3, 0.4) is 0 Å². The molecular weight excluding hydrogens is 759 g/mol. The number of nitrogens with zero attached hydrogens (tertiary/aromatic N) is 1. The van der Waals surface area contributed by atoms with E-state index >= 15 is 0 Å². The molecule has 0 atom stereocenters. The summed E-state index contributed by atoms with van der Waals surface area (Å²) in [6, 6.07) is 94.5. The Morgan fingerprint density at radius 2 is 0.587 bits per heavy atom. The molecule has 0 N–H and O–H groups in total. The lowest BCUT2D eigenvalue weighted by Gasteiger charge is -2.26. The van der Waals surface area contributed by atoms with E-state index in [0.717, 1.165) is 17.1 Å². The molecule has 0 aliphatic carbocycles. The second-order valence-electron chi connectivity index (χ2n) is 16.1. The molecule has 0 aliphatic heterocycles. The summed E-state index contributed by atoms with van der Waals surface area (Å²) in [6.45, 7) is 0. The molecule has 11 aromatic carbocycles. The largest absolute Gasteiger partial charge is 0.311 e. The lowest BCUT2D eigenvalue weighted by atomic mass is 9.91. The van der Waals surface area contributed by atoms with Crippen molar-refractivity contribution in [2.75, 3.05) is 4.90 Å². The second-order valence-corrected chi connectivity index (χ2v) is 16.1. The van der Waals surface area contributed by atoms with Gasteiger partial charge in [-0.15, -0.1) is 0 Å². The predicted octanol–water partition coefficient (Wildman–Crippen LogP) is 17.5. The van der Waals surface area contributed by atoms with Crippen molar-refractivity contribution in [2.24, 2.45) is 0 Å². The van der Waals surface area contributed by atoms with Crippen molar-refractivity contribution in [3.05, 3.63) is 261 Å². The monoisotopic (exact) mass is 801 g/mol. The van der Waals surface area contributed by atoms with E-state index in [1.165, 1.54) is 88.3 Å². The number of rotatable bonds is 9. The highest BCUT2D eigenvalue weighted by Crippen LogP contribution is 2.41. The Morgan fingerprint density at radius 3 is 1.16 bits per heavy atom. The zero-order valence-electron chi connectivity index (χ0n) is 34.8. The lowest BCUT2D eigenvalue weighted by molar-refractivity contribution is 1.28. The van der Waals surface area contributed by atoms with Gasteiger partial charge >= 0.3 is 0 Å². The fourth-order valence-corrected chi connectivity index (χ4v) is 9.07. The molecule has 0 fully saturated rings. The molecule has 0 amide bonds. The van der Waals surface area contributed by atoms with Gasteiger partial charge in [-0.1, -0.05) is 218 Å². The summed E-state index contributed by atoms with van der Waals surface area (Å²) in [4.78, 5) is 2.36. The van der Waals surface area contributed by atoms with E-state index in [2.05, 4.69) is 266 Å². The second kappa shape index (κ2) is 16.7. The zero-order chi connectivity index (χ0) is 42.0. The van der Waals surface area contributed by atoms with Crippen molar-refractivity contribution in [1.29, 1.82) is 0 Å². The normalized spacial score (nSPS) is 11.2. The van der Waals surface area contributed by atoms with Crippen LogP contribution in [0.4, 0.5) is 17.1 Å². The van der Waals surface area contributed by atoms with E-state index < -0.39 is 0 Å².